The molecule has 0 saturated carbocycles. The van der Waals surface area contributed by atoms with Gasteiger partial charge in [0, 0.05) is 13.1 Å². The van der Waals surface area contributed by atoms with Crippen LogP contribution in [0.25, 0.3) is 5.57 Å². The molecule has 0 bridgehead atoms. The number of phenolic OH excluding ortho intramolecular Hbond substituents is 1. The molecule has 1 amide bonds. The molecule has 1 aromatic carbocycles. The van der Waals surface area contributed by atoms with Crippen LogP contribution in [0.4, 0.5) is 9.18 Å². The van der Waals surface area contributed by atoms with Crippen LogP contribution in [0.3, 0.4) is 0 Å². The number of amides is 1. The summed E-state index contributed by atoms with van der Waals surface area (Å²) >= 11 is 0. The van der Waals surface area contributed by atoms with E-state index in [1.54, 1.807) is 11.0 Å². The average Bonchev–Trinajstić information content (AvgIpc) is 2.37. The lowest BCUT2D eigenvalue weighted by Crippen LogP contribution is -2.39. The summed E-state index contributed by atoms with van der Waals surface area (Å²) in [5.41, 5.74) is 0.400. The Bertz CT molecular complexity index is 555. The Morgan fingerprint density at radius 2 is 2.10 bits per heavy atom. The van der Waals surface area contributed by atoms with Crippen molar-refractivity contribution >= 4 is 11.7 Å². The van der Waals surface area contributed by atoms with Crippen LogP contribution in [0.5, 0.6) is 5.75 Å². The molecule has 0 aromatic heterocycles. The van der Waals surface area contributed by atoms with E-state index in [-0.39, 0.29) is 17.4 Å². The van der Waals surface area contributed by atoms with Crippen LogP contribution in [0, 0.1) is 5.82 Å². The first kappa shape index (κ1) is 15.4. The molecular formula is C16H20FNO3. The lowest BCUT2D eigenvalue weighted by molar-refractivity contribution is 0.0270. The summed E-state index contributed by atoms with van der Waals surface area (Å²) < 4.78 is 19.1. The third-order valence-electron chi connectivity index (χ3n) is 3.17. The molecule has 5 heteroatoms. The topological polar surface area (TPSA) is 49.8 Å². The Balaban J connectivity index is 2.11. The lowest BCUT2D eigenvalue weighted by Gasteiger charge is -2.29. The first-order valence-electron chi connectivity index (χ1n) is 6.93. The number of hydrogen-bond donors (Lipinski definition) is 1. The zero-order valence-electron chi connectivity index (χ0n) is 12.5. The normalized spacial score (nSPS) is 15.6. The maximum atomic E-state index is 13.8. The van der Waals surface area contributed by atoms with E-state index in [0.717, 1.165) is 0 Å². The van der Waals surface area contributed by atoms with Crippen molar-refractivity contribution < 1.29 is 19.0 Å². The molecule has 2 rings (SSSR count). The second kappa shape index (κ2) is 5.76. The molecule has 1 aliphatic heterocycles. The summed E-state index contributed by atoms with van der Waals surface area (Å²) in [6.45, 7) is 6.22. The Hall–Kier alpha value is -2.04. The molecule has 0 radical (unpaired) electrons. The maximum absolute atomic E-state index is 13.8. The van der Waals surface area contributed by atoms with Crippen LogP contribution in [0.15, 0.2) is 24.3 Å². The molecule has 114 valence electrons. The lowest BCUT2D eigenvalue weighted by atomic mass is 9.98. The molecule has 0 aliphatic carbocycles. The first-order chi connectivity index (χ1) is 9.78. The van der Waals surface area contributed by atoms with Crippen LogP contribution in [-0.2, 0) is 4.74 Å². The zero-order chi connectivity index (χ0) is 15.6. The molecule has 0 spiro atoms. The summed E-state index contributed by atoms with van der Waals surface area (Å²) in [5, 5.41) is 9.79. The quantitative estimate of drug-likeness (QED) is 0.861. The van der Waals surface area contributed by atoms with Crippen molar-refractivity contribution in [2.45, 2.75) is 32.8 Å². The molecule has 1 heterocycles. The van der Waals surface area contributed by atoms with Crippen molar-refractivity contribution in [3.63, 3.8) is 0 Å². The standard InChI is InChI=1S/C16H20FNO3/c1-16(2,3)21-15(20)18-9-7-11(8-10-18)14-12(17)5-4-6-13(14)19/h4-7,19H,8-10H2,1-3H3. The number of benzene rings is 1. The molecule has 0 unspecified atom stereocenters. The van der Waals surface area contributed by atoms with Crippen molar-refractivity contribution in [2.24, 2.45) is 0 Å². The third kappa shape index (κ3) is 3.74. The van der Waals surface area contributed by atoms with E-state index in [4.69, 9.17) is 4.74 Å². The van der Waals surface area contributed by atoms with E-state index in [2.05, 4.69) is 0 Å². The maximum Gasteiger partial charge on any atom is 0.410 e. The van der Waals surface area contributed by atoms with E-state index in [9.17, 15) is 14.3 Å². The van der Waals surface area contributed by atoms with E-state index in [1.165, 1.54) is 18.2 Å². The van der Waals surface area contributed by atoms with E-state index in [1.807, 2.05) is 20.8 Å². The van der Waals surface area contributed by atoms with Crippen LogP contribution in [0.1, 0.15) is 32.8 Å². The Morgan fingerprint density at radius 3 is 2.62 bits per heavy atom. The minimum atomic E-state index is -0.537. The van der Waals surface area contributed by atoms with Crippen molar-refractivity contribution in [1.29, 1.82) is 0 Å². The van der Waals surface area contributed by atoms with Gasteiger partial charge in [-0.25, -0.2) is 9.18 Å². The van der Waals surface area contributed by atoms with Gasteiger partial charge in [0.15, 0.2) is 0 Å². The zero-order valence-corrected chi connectivity index (χ0v) is 12.5. The van der Waals surface area contributed by atoms with Crippen molar-refractivity contribution in [1.82, 2.24) is 4.90 Å². The summed E-state index contributed by atoms with van der Waals surface area (Å²) in [6.07, 6.45) is 1.86. The predicted molar refractivity (Wildman–Crippen MR) is 78.5 cm³/mol. The Labute approximate surface area is 123 Å². The number of hydrogen-bond acceptors (Lipinski definition) is 3. The predicted octanol–water partition coefficient (Wildman–Crippen LogP) is 3.56. The van der Waals surface area contributed by atoms with E-state index < -0.39 is 11.4 Å². The van der Waals surface area contributed by atoms with Gasteiger partial charge in [-0.3, -0.25) is 0 Å². The highest BCUT2D eigenvalue weighted by Crippen LogP contribution is 2.31. The van der Waals surface area contributed by atoms with Gasteiger partial charge in [-0.05, 0) is 44.9 Å². The average molecular weight is 293 g/mol. The highest BCUT2D eigenvalue weighted by atomic mass is 19.1. The number of nitrogens with zero attached hydrogens (tertiary/aromatic N) is 1. The fourth-order valence-corrected chi connectivity index (χ4v) is 2.22. The molecule has 0 saturated heterocycles. The third-order valence-corrected chi connectivity index (χ3v) is 3.17. The van der Waals surface area contributed by atoms with Crippen molar-refractivity contribution in [3.8, 4) is 5.75 Å². The minimum absolute atomic E-state index is 0.0769. The van der Waals surface area contributed by atoms with Gasteiger partial charge in [-0.15, -0.1) is 0 Å². The first-order valence-corrected chi connectivity index (χ1v) is 6.93. The van der Waals surface area contributed by atoms with Gasteiger partial charge in [0.2, 0.25) is 0 Å². The SMILES string of the molecule is CC(C)(C)OC(=O)N1CC=C(c2c(O)cccc2F)CC1. The summed E-state index contributed by atoms with van der Waals surface area (Å²) in [4.78, 5) is 13.5. The molecule has 1 N–H and O–H groups in total. The van der Waals surface area contributed by atoms with Gasteiger partial charge in [-0.2, -0.15) is 0 Å². The van der Waals surface area contributed by atoms with Crippen molar-refractivity contribution in [2.75, 3.05) is 13.1 Å². The molecule has 1 aliphatic rings. The van der Waals surface area contributed by atoms with Gasteiger partial charge in [0.05, 0.1) is 5.56 Å². The molecule has 4 nitrogen and oxygen atoms in total. The van der Waals surface area contributed by atoms with E-state index in [0.29, 0.717) is 25.1 Å². The summed E-state index contributed by atoms with van der Waals surface area (Å²) in [5.74, 6) is -0.529. The molecular weight excluding hydrogens is 273 g/mol. The smallest absolute Gasteiger partial charge is 0.410 e. The summed E-state index contributed by atoms with van der Waals surface area (Å²) in [6, 6.07) is 4.24. The van der Waals surface area contributed by atoms with Crippen LogP contribution in [0.2, 0.25) is 0 Å². The largest absolute Gasteiger partial charge is 0.507 e. The minimum Gasteiger partial charge on any atom is -0.507 e. The fraction of sp³-hybridized carbons (Fsp3) is 0.438. The van der Waals surface area contributed by atoms with Gasteiger partial charge in [-0.1, -0.05) is 12.1 Å². The molecule has 21 heavy (non-hydrogen) atoms. The number of rotatable bonds is 1. The van der Waals surface area contributed by atoms with Crippen LogP contribution in [-0.4, -0.2) is 34.8 Å². The van der Waals surface area contributed by atoms with Crippen LogP contribution < -0.4 is 0 Å². The number of ether oxygens (including phenoxy) is 1. The van der Waals surface area contributed by atoms with Crippen molar-refractivity contribution in [3.05, 3.63) is 35.7 Å². The highest BCUT2D eigenvalue weighted by Gasteiger charge is 2.25. The second-order valence-electron chi connectivity index (χ2n) is 6.04. The van der Waals surface area contributed by atoms with Crippen LogP contribution >= 0.6 is 0 Å². The second-order valence-corrected chi connectivity index (χ2v) is 6.04. The van der Waals surface area contributed by atoms with Gasteiger partial charge in [0.1, 0.15) is 17.2 Å². The molecule has 0 atom stereocenters. The van der Waals surface area contributed by atoms with Gasteiger partial charge in [0.25, 0.3) is 0 Å². The number of aromatic hydroxyl groups is 1. The number of halogens is 1. The monoisotopic (exact) mass is 293 g/mol. The van der Waals surface area contributed by atoms with Gasteiger partial charge >= 0.3 is 6.09 Å². The Morgan fingerprint density at radius 1 is 1.38 bits per heavy atom. The molecule has 0 fully saturated rings. The fourth-order valence-electron chi connectivity index (χ4n) is 2.22. The number of carbonyl (C=O) groups is 1. The number of carbonyl (C=O) groups excluding carboxylic acids is 1. The Kier molecular flexibility index (Phi) is 4.21. The molecule has 1 aromatic rings. The van der Waals surface area contributed by atoms with E-state index >= 15 is 0 Å². The summed E-state index contributed by atoms with van der Waals surface area (Å²) in [7, 11) is 0. The number of phenols is 1. The van der Waals surface area contributed by atoms with Gasteiger partial charge < -0.3 is 14.7 Å². The highest BCUT2D eigenvalue weighted by molar-refractivity contribution is 5.75.